The van der Waals surface area contributed by atoms with Gasteiger partial charge in [-0.3, -0.25) is 9.36 Å². The van der Waals surface area contributed by atoms with Gasteiger partial charge in [0.15, 0.2) is 0 Å². The fourth-order valence-electron chi connectivity index (χ4n) is 3.69. The smallest absolute Gasteiger partial charge is 0.259 e. The monoisotopic (exact) mass is 389 g/mol. The topological polar surface area (TPSA) is 111 Å². The molecule has 2 heterocycles. The van der Waals surface area contributed by atoms with Gasteiger partial charge in [0.1, 0.15) is 17.5 Å². The number of rotatable bonds is 5. The Labute approximate surface area is 166 Å². The molecule has 1 atom stereocenters. The third-order valence-electron chi connectivity index (χ3n) is 5.05. The first-order chi connectivity index (χ1) is 14.1. The number of nitrogens with zero attached hydrogens (tertiary/aromatic N) is 2. The van der Waals surface area contributed by atoms with E-state index < -0.39 is 18.3 Å². The first-order valence-electron chi connectivity index (χ1n) is 9.09. The summed E-state index contributed by atoms with van der Waals surface area (Å²) in [5.41, 5.74) is 1.98. The van der Waals surface area contributed by atoms with Crippen LogP contribution in [0.3, 0.4) is 0 Å². The Morgan fingerprint density at radius 2 is 2.03 bits per heavy atom. The van der Waals surface area contributed by atoms with E-state index in [9.17, 15) is 20.3 Å². The second kappa shape index (κ2) is 7.43. The summed E-state index contributed by atoms with van der Waals surface area (Å²) in [7, 11) is 1.54. The average Bonchev–Trinajstić information content (AvgIpc) is 3.24. The Morgan fingerprint density at radius 3 is 2.76 bits per heavy atom. The molecule has 0 aliphatic carbocycles. The Morgan fingerprint density at radius 1 is 1.21 bits per heavy atom. The van der Waals surface area contributed by atoms with Gasteiger partial charge in [0.05, 0.1) is 26.4 Å². The molecule has 0 fully saturated rings. The van der Waals surface area contributed by atoms with Gasteiger partial charge in [-0.25, -0.2) is 0 Å². The van der Waals surface area contributed by atoms with Crippen LogP contribution in [0.1, 0.15) is 5.69 Å². The fourth-order valence-corrected chi connectivity index (χ4v) is 3.69. The predicted octanol–water partition coefficient (Wildman–Crippen LogP) is 2.38. The van der Waals surface area contributed by atoms with Crippen molar-refractivity contribution in [2.45, 2.75) is 12.6 Å². The second-order valence-corrected chi connectivity index (χ2v) is 6.74. The highest BCUT2D eigenvalue weighted by Gasteiger charge is 2.21. The highest BCUT2D eigenvalue weighted by molar-refractivity contribution is 6.06. The summed E-state index contributed by atoms with van der Waals surface area (Å²) >= 11 is 0. The quantitative estimate of drug-likeness (QED) is 0.485. The lowest BCUT2D eigenvalue weighted by Crippen LogP contribution is -2.31. The van der Waals surface area contributed by atoms with Gasteiger partial charge in [-0.15, -0.1) is 0 Å². The van der Waals surface area contributed by atoms with Crippen LogP contribution in [0.15, 0.2) is 53.5 Å². The fraction of sp³-hybridized carbons (Fsp3) is 0.182. The number of benzene rings is 2. The molecule has 0 aliphatic rings. The maximum atomic E-state index is 13.1. The van der Waals surface area contributed by atoms with Crippen LogP contribution in [-0.2, 0) is 6.54 Å². The lowest BCUT2D eigenvalue weighted by atomic mass is 9.94. The first-order valence-corrected chi connectivity index (χ1v) is 9.09. The molecule has 0 bridgehead atoms. The van der Waals surface area contributed by atoms with E-state index in [1.165, 1.54) is 11.7 Å². The van der Waals surface area contributed by atoms with Crippen molar-refractivity contribution in [1.82, 2.24) is 9.55 Å². The summed E-state index contributed by atoms with van der Waals surface area (Å²) in [6, 6.07) is 14.8. The number of methoxy groups -OCH3 is 1. The lowest BCUT2D eigenvalue weighted by molar-refractivity contribution is 0.0803. The minimum atomic E-state index is -1.16. The Hall–Kier alpha value is -3.60. The molecule has 3 N–H and O–H groups in total. The van der Waals surface area contributed by atoms with E-state index in [4.69, 9.17) is 4.74 Å². The summed E-state index contributed by atoms with van der Waals surface area (Å²) in [5.74, 6) is 0.566. The number of aliphatic hydroxyl groups is 2. The number of aromatic amines is 1. The van der Waals surface area contributed by atoms with Crippen LogP contribution >= 0.6 is 0 Å². The standard InChI is InChI=1S/C22H19N3O4/c1-29-14-5-6-17-18(9-14)21(16-3-2-4-19-15(16)7-8-24-19)20(10-23)25(22(17)28)11-13(27)12-26/h2-9,13,24,26-27H,11-12H2,1H3/t13-/m0/s1. The second-order valence-electron chi connectivity index (χ2n) is 6.74. The highest BCUT2D eigenvalue weighted by Crippen LogP contribution is 2.36. The van der Waals surface area contributed by atoms with Gasteiger partial charge < -0.3 is 19.9 Å². The maximum Gasteiger partial charge on any atom is 0.259 e. The number of hydrogen-bond donors (Lipinski definition) is 3. The van der Waals surface area contributed by atoms with Crippen LogP contribution in [0.2, 0.25) is 0 Å². The van der Waals surface area contributed by atoms with E-state index in [0.29, 0.717) is 22.1 Å². The third kappa shape index (κ3) is 3.05. The molecule has 2 aromatic heterocycles. The summed E-state index contributed by atoms with van der Waals surface area (Å²) in [4.78, 5) is 16.3. The molecular formula is C22H19N3O4. The zero-order valence-electron chi connectivity index (χ0n) is 15.7. The van der Waals surface area contributed by atoms with E-state index in [0.717, 1.165) is 16.5 Å². The molecule has 4 aromatic rings. The van der Waals surface area contributed by atoms with Crippen LogP contribution in [0, 0.1) is 11.3 Å². The normalized spacial score (nSPS) is 12.2. The number of nitriles is 1. The molecule has 0 spiro atoms. The number of H-pyrrole nitrogens is 1. The minimum Gasteiger partial charge on any atom is -0.497 e. The number of nitrogens with one attached hydrogen (secondary N) is 1. The molecule has 0 radical (unpaired) electrons. The molecule has 146 valence electrons. The lowest BCUT2D eigenvalue weighted by Gasteiger charge is -2.18. The Bertz CT molecular complexity index is 1310. The average molecular weight is 389 g/mol. The van der Waals surface area contributed by atoms with Crippen molar-refractivity contribution in [2.24, 2.45) is 0 Å². The van der Waals surface area contributed by atoms with Crippen molar-refractivity contribution in [2.75, 3.05) is 13.7 Å². The molecule has 4 rings (SSSR count). The van der Waals surface area contributed by atoms with Gasteiger partial charge in [-0.2, -0.15) is 5.26 Å². The van der Waals surface area contributed by atoms with Gasteiger partial charge in [0.25, 0.3) is 5.56 Å². The first kappa shape index (κ1) is 18.7. The maximum absolute atomic E-state index is 13.1. The van der Waals surface area contributed by atoms with E-state index in [1.54, 1.807) is 18.2 Å². The van der Waals surface area contributed by atoms with Gasteiger partial charge in [0, 0.05) is 33.4 Å². The van der Waals surface area contributed by atoms with Crippen molar-refractivity contribution >= 4 is 21.7 Å². The Kier molecular flexibility index (Phi) is 4.80. The van der Waals surface area contributed by atoms with Gasteiger partial charge in [-0.05, 0) is 35.9 Å². The van der Waals surface area contributed by atoms with Crippen molar-refractivity contribution < 1.29 is 14.9 Å². The van der Waals surface area contributed by atoms with E-state index in [2.05, 4.69) is 11.1 Å². The minimum absolute atomic E-state index is 0.122. The van der Waals surface area contributed by atoms with Gasteiger partial charge >= 0.3 is 0 Å². The van der Waals surface area contributed by atoms with Crippen LogP contribution in [0.5, 0.6) is 5.75 Å². The number of aromatic nitrogens is 2. The summed E-state index contributed by atoms with van der Waals surface area (Å²) in [5, 5.41) is 31.1. The number of pyridine rings is 1. The number of fused-ring (bicyclic) bond motifs is 2. The van der Waals surface area contributed by atoms with Crippen LogP contribution in [0.4, 0.5) is 0 Å². The third-order valence-corrected chi connectivity index (χ3v) is 5.05. The predicted molar refractivity (Wildman–Crippen MR) is 110 cm³/mol. The largest absolute Gasteiger partial charge is 0.497 e. The van der Waals surface area contributed by atoms with Crippen LogP contribution in [0.25, 0.3) is 32.8 Å². The van der Waals surface area contributed by atoms with Crippen molar-refractivity contribution in [3.63, 3.8) is 0 Å². The zero-order chi connectivity index (χ0) is 20.5. The molecule has 2 aromatic carbocycles. The molecule has 0 saturated heterocycles. The molecule has 0 aliphatic heterocycles. The van der Waals surface area contributed by atoms with Crippen LogP contribution < -0.4 is 10.3 Å². The SMILES string of the molecule is COc1ccc2c(=O)n(C[C@H](O)CO)c(C#N)c(-c3cccc4[nH]ccc34)c2c1. The van der Waals surface area contributed by atoms with Gasteiger partial charge in [0.2, 0.25) is 0 Å². The number of hydrogen-bond acceptors (Lipinski definition) is 5. The van der Waals surface area contributed by atoms with Crippen LogP contribution in [-0.4, -0.2) is 39.6 Å². The zero-order valence-corrected chi connectivity index (χ0v) is 15.7. The molecule has 0 amide bonds. The summed E-state index contributed by atoms with van der Waals surface area (Å²) < 4.78 is 6.57. The van der Waals surface area contributed by atoms with E-state index in [1.807, 2.05) is 30.5 Å². The Balaban J connectivity index is 2.18. The van der Waals surface area contributed by atoms with Gasteiger partial charge in [-0.1, -0.05) is 12.1 Å². The molecule has 29 heavy (non-hydrogen) atoms. The van der Waals surface area contributed by atoms with Crippen molar-refractivity contribution in [3.05, 3.63) is 64.7 Å². The van der Waals surface area contributed by atoms with Crippen molar-refractivity contribution in [3.8, 4) is 22.9 Å². The summed E-state index contributed by atoms with van der Waals surface area (Å²) in [6.07, 6.45) is 0.653. The van der Waals surface area contributed by atoms with E-state index >= 15 is 0 Å². The molecule has 7 heteroatoms. The molecular weight excluding hydrogens is 370 g/mol. The molecule has 0 unspecified atom stereocenters. The number of aliphatic hydroxyl groups excluding tert-OH is 2. The summed E-state index contributed by atoms with van der Waals surface area (Å²) in [6.45, 7) is -0.697. The highest BCUT2D eigenvalue weighted by atomic mass is 16.5. The molecule has 0 saturated carbocycles. The number of ether oxygens (including phenoxy) is 1. The molecule has 7 nitrogen and oxygen atoms in total. The van der Waals surface area contributed by atoms with Crippen molar-refractivity contribution in [1.29, 1.82) is 5.26 Å². The van der Waals surface area contributed by atoms with E-state index in [-0.39, 0.29) is 12.2 Å².